The lowest BCUT2D eigenvalue weighted by molar-refractivity contribution is -0.139. The first-order valence-electron chi connectivity index (χ1n) is 7.68. The van der Waals surface area contributed by atoms with Crippen LogP contribution in [0.5, 0.6) is 0 Å². The van der Waals surface area contributed by atoms with Gasteiger partial charge in [0.15, 0.2) is 5.82 Å². The Balaban J connectivity index is 1.93. The standard InChI is InChI=1S/C16H12F3N5O3S/c1-10-20-22-23-24(10)12-6-4-5-11(9-12)15(25)21-28(26,27)14-8-3-2-7-13(14)16(17,18)19/h2-9H,1H3,(H,21,25). The van der Waals surface area contributed by atoms with E-state index in [2.05, 4.69) is 15.5 Å². The second kappa shape index (κ2) is 7.03. The Hall–Kier alpha value is -3.28. The fraction of sp³-hybridized carbons (Fsp3) is 0.125. The normalized spacial score (nSPS) is 12.0. The number of carbonyl (C=O) groups is 1. The molecule has 12 heteroatoms. The van der Waals surface area contributed by atoms with Gasteiger partial charge in [0, 0.05) is 5.56 Å². The van der Waals surface area contributed by atoms with E-state index in [4.69, 9.17) is 0 Å². The van der Waals surface area contributed by atoms with E-state index in [0.29, 0.717) is 17.6 Å². The average Bonchev–Trinajstić information content (AvgIpc) is 3.07. The third-order valence-corrected chi connectivity index (χ3v) is 5.08. The van der Waals surface area contributed by atoms with E-state index in [9.17, 15) is 26.4 Å². The van der Waals surface area contributed by atoms with E-state index in [1.54, 1.807) is 17.7 Å². The molecule has 0 radical (unpaired) electrons. The zero-order chi connectivity index (χ0) is 20.5. The van der Waals surface area contributed by atoms with Crippen LogP contribution in [-0.2, 0) is 16.2 Å². The molecule has 0 fully saturated rings. The number of amides is 1. The predicted octanol–water partition coefficient (Wildman–Crippen LogP) is 2.11. The third kappa shape index (κ3) is 3.86. The van der Waals surface area contributed by atoms with Crippen molar-refractivity contribution in [2.75, 3.05) is 0 Å². The maximum atomic E-state index is 13.1. The molecule has 1 N–H and O–H groups in total. The fourth-order valence-electron chi connectivity index (χ4n) is 2.42. The van der Waals surface area contributed by atoms with Gasteiger partial charge in [-0.1, -0.05) is 18.2 Å². The molecule has 1 amide bonds. The van der Waals surface area contributed by atoms with Crippen molar-refractivity contribution in [2.24, 2.45) is 0 Å². The first-order valence-corrected chi connectivity index (χ1v) is 9.17. The molecule has 8 nitrogen and oxygen atoms in total. The first kappa shape index (κ1) is 19.5. The Morgan fingerprint density at radius 1 is 1.11 bits per heavy atom. The number of alkyl halides is 3. The SMILES string of the molecule is Cc1nnnn1-c1cccc(C(=O)NS(=O)(=O)c2ccccc2C(F)(F)F)c1. The summed E-state index contributed by atoms with van der Waals surface area (Å²) < 4.78 is 67.0. The van der Waals surface area contributed by atoms with E-state index in [-0.39, 0.29) is 5.56 Å². The van der Waals surface area contributed by atoms with Crippen molar-refractivity contribution in [3.8, 4) is 5.69 Å². The van der Waals surface area contributed by atoms with Crippen molar-refractivity contribution in [2.45, 2.75) is 18.0 Å². The zero-order valence-electron chi connectivity index (χ0n) is 14.2. The lowest BCUT2D eigenvalue weighted by atomic mass is 10.2. The first-order chi connectivity index (χ1) is 13.1. The monoisotopic (exact) mass is 411 g/mol. The summed E-state index contributed by atoms with van der Waals surface area (Å²) in [4.78, 5) is 11.3. The Labute approximate surface area is 157 Å². The Morgan fingerprint density at radius 3 is 2.46 bits per heavy atom. The average molecular weight is 411 g/mol. The lowest BCUT2D eigenvalue weighted by Crippen LogP contribution is -2.32. The number of hydrogen-bond donors (Lipinski definition) is 1. The van der Waals surface area contributed by atoms with Crippen LogP contribution < -0.4 is 4.72 Å². The van der Waals surface area contributed by atoms with Gasteiger partial charge >= 0.3 is 6.18 Å². The Bertz CT molecular complexity index is 1140. The van der Waals surface area contributed by atoms with Gasteiger partial charge in [-0.3, -0.25) is 4.79 Å². The Morgan fingerprint density at radius 2 is 1.82 bits per heavy atom. The van der Waals surface area contributed by atoms with Crippen molar-refractivity contribution < 1.29 is 26.4 Å². The van der Waals surface area contributed by atoms with Crippen molar-refractivity contribution in [3.63, 3.8) is 0 Å². The number of carbonyl (C=O) groups excluding carboxylic acids is 1. The van der Waals surface area contributed by atoms with Gasteiger partial charge in [-0.2, -0.15) is 17.9 Å². The van der Waals surface area contributed by atoms with Crippen LogP contribution in [0.15, 0.2) is 53.4 Å². The van der Waals surface area contributed by atoms with Crippen molar-refractivity contribution in [1.29, 1.82) is 0 Å². The number of aromatic nitrogens is 4. The number of nitrogens with zero attached hydrogens (tertiary/aromatic N) is 4. The highest BCUT2D eigenvalue weighted by atomic mass is 32.2. The fourth-order valence-corrected chi connectivity index (χ4v) is 3.62. The van der Waals surface area contributed by atoms with Crippen LogP contribution in [0.2, 0.25) is 0 Å². The highest BCUT2D eigenvalue weighted by Crippen LogP contribution is 2.33. The topological polar surface area (TPSA) is 107 Å². The number of aryl methyl sites for hydroxylation is 1. The quantitative estimate of drug-likeness (QED) is 0.705. The minimum atomic E-state index is -4.90. The molecule has 3 aromatic rings. The molecule has 0 spiro atoms. The molecule has 3 rings (SSSR count). The maximum absolute atomic E-state index is 13.1. The second-order valence-corrected chi connectivity index (χ2v) is 7.27. The van der Waals surface area contributed by atoms with Gasteiger partial charge < -0.3 is 0 Å². The molecule has 1 heterocycles. The molecule has 0 atom stereocenters. The molecule has 0 saturated carbocycles. The molecule has 0 aliphatic carbocycles. The van der Waals surface area contributed by atoms with E-state index in [1.807, 2.05) is 0 Å². The minimum absolute atomic E-state index is 0.0968. The molecular weight excluding hydrogens is 399 g/mol. The number of rotatable bonds is 4. The molecule has 0 aliphatic heterocycles. The molecular formula is C16H12F3N5O3S. The van der Waals surface area contributed by atoms with Gasteiger partial charge in [-0.25, -0.2) is 13.1 Å². The van der Waals surface area contributed by atoms with Gasteiger partial charge in [0.2, 0.25) is 0 Å². The van der Waals surface area contributed by atoms with E-state index < -0.39 is 32.6 Å². The number of benzene rings is 2. The molecule has 0 saturated heterocycles. The molecule has 2 aromatic carbocycles. The van der Waals surface area contributed by atoms with Gasteiger partial charge in [-0.15, -0.1) is 5.10 Å². The summed E-state index contributed by atoms with van der Waals surface area (Å²) in [7, 11) is -4.76. The molecule has 1 aromatic heterocycles. The van der Waals surface area contributed by atoms with Gasteiger partial charge in [-0.05, 0) is 47.7 Å². The maximum Gasteiger partial charge on any atom is 0.417 e. The smallest absolute Gasteiger partial charge is 0.268 e. The summed E-state index contributed by atoms with van der Waals surface area (Å²) in [5, 5.41) is 10.9. The van der Waals surface area contributed by atoms with Gasteiger partial charge in [0.1, 0.15) is 0 Å². The van der Waals surface area contributed by atoms with Crippen LogP contribution in [0.3, 0.4) is 0 Å². The van der Waals surface area contributed by atoms with Crippen molar-refractivity contribution in [3.05, 3.63) is 65.5 Å². The largest absolute Gasteiger partial charge is 0.417 e. The summed E-state index contributed by atoms with van der Waals surface area (Å²) >= 11 is 0. The molecule has 0 aliphatic rings. The Kier molecular flexibility index (Phi) is 4.89. The summed E-state index contributed by atoms with van der Waals surface area (Å²) in [6.45, 7) is 1.62. The number of sulfonamides is 1. The van der Waals surface area contributed by atoms with Crippen LogP contribution in [0.4, 0.5) is 13.2 Å². The third-order valence-electron chi connectivity index (χ3n) is 3.69. The number of hydrogen-bond acceptors (Lipinski definition) is 6. The molecule has 0 bridgehead atoms. The highest BCUT2D eigenvalue weighted by Gasteiger charge is 2.37. The summed E-state index contributed by atoms with van der Waals surface area (Å²) in [6.07, 6.45) is -4.90. The molecule has 28 heavy (non-hydrogen) atoms. The zero-order valence-corrected chi connectivity index (χ0v) is 15.0. The molecule has 146 valence electrons. The predicted molar refractivity (Wildman–Crippen MR) is 90.0 cm³/mol. The van der Waals surface area contributed by atoms with Gasteiger partial charge in [0.05, 0.1) is 16.1 Å². The lowest BCUT2D eigenvalue weighted by Gasteiger charge is -2.14. The number of tetrazole rings is 1. The van der Waals surface area contributed by atoms with Crippen LogP contribution in [0.1, 0.15) is 21.7 Å². The van der Waals surface area contributed by atoms with Gasteiger partial charge in [0.25, 0.3) is 15.9 Å². The highest BCUT2D eigenvalue weighted by molar-refractivity contribution is 7.90. The second-order valence-electron chi connectivity index (χ2n) is 5.62. The minimum Gasteiger partial charge on any atom is -0.268 e. The van der Waals surface area contributed by atoms with Crippen LogP contribution in [-0.4, -0.2) is 34.5 Å². The van der Waals surface area contributed by atoms with Crippen LogP contribution in [0, 0.1) is 6.92 Å². The van der Waals surface area contributed by atoms with Crippen molar-refractivity contribution >= 4 is 15.9 Å². The van der Waals surface area contributed by atoms with E-state index in [0.717, 1.165) is 18.2 Å². The summed E-state index contributed by atoms with van der Waals surface area (Å²) in [6, 6.07) is 9.25. The van der Waals surface area contributed by atoms with Crippen LogP contribution in [0.25, 0.3) is 5.69 Å². The number of nitrogens with one attached hydrogen (secondary N) is 1. The van der Waals surface area contributed by atoms with Crippen molar-refractivity contribution in [1.82, 2.24) is 24.9 Å². The van der Waals surface area contributed by atoms with Crippen LogP contribution >= 0.6 is 0 Å². The summed E-state index contributed by atoms with van der Waals surface area (Å²) in [5.74, 6) is -0.672. The van der Waals surface area contributed by atoms with E-state index >= 15 is 0 Å². The summed E-state index contributed by atoms with van der Waals surface area (Å²) in [5.41, 5.74) is -1.09. The number of halogens is 3. The molecule has 0 unspecified atom stereocenters. The van der Waals surface area contributed by atoms with E-state index in [1.165, 1.54) is 22.9 Å².